The van der Waals surface area contributed by atoms with E-state index >= 15 is 0 Å². The number of ether oxygens (including phenoxy) is 3. The predicted molar refractivity (Wildman–Crippen MR) is 71.4 cm³/mol. The Morgan fingerprint density at radius 1 is 1.42 bits per heavy atom. The van der Waals surface area contributed by atoms with Gasteiger partial charge in [-0.15, -0.1) is 0 Å². The molecular formula is C13H19BO5. The maximum atomic E-state index is 9.32. The molecule has 0 radical (unpaired) electrons. The molecule has 6 heteroatoms. The topological polar surface area (TPSA) is 68.2 Å². The summed E-state index contributed by atoms with van der Waals surface area (Å²) in [5.41, 5.74) is 1.18. The van der Waals surface area contributed by atoms with Crippen LogP contribution < -0.4 is 10.2 Å². The summed E-state index contributed by atoms with van der Waals surface area (Å²) in [6.45, 7) is 2.50. The van der Waals surface area contributed by atoms with Crippen molar-refractivity contribution in [1.82, 2.24) is 0 Å². The lowest BCUT2D eigenvalue weighted by molar-refractivity contribution is 0.0793. The molecule has 0 aliphatic carbocycles. The van der Waals surface area contributed by atoms with Crippen molar-refractivity contribution in [3.63, 3.8) is 0 Å². The first-order chi connectivity index (χ1) is 9.20. The summed E-state index contributed by atoms with van der Waals surface area (Å²) in [7, 11) is 0.0737. The number of hydrogen-bond acceptors (Lipinski definition) is 5. The third-order valence-electron chi connectivity index (χ3n) is 3.26. The standard InChI is InChI=1S/C13H19BO5/c1-17-12-2-3-13(14(15)16)11(6-12)9-19-8-10-4-5-18-7-10/h2-3,6,10,15-16H,4-5,7-9H2,1H3. The molecule has 1 heterocycles. The minimum absolute atomic E-state index is 0.334. The van der Waals surface area contributed by atoms with Crippen LogP contribution in [0.15, 0.2) is 18.2 Å². The minimum Gasteiger partial charge on any atom is -0.497 e. The summed E-state index contributed by atoms with van der Waals surface area (Å²) < 4.78 is 16.0. The zero-order valence-electron chi connectivity index (χ0n) is 11.0. The van der Waals surface area contributed by atoms with E-state index in [0.29, 0.717) is 30.3 Å². The van der Waals surface area contributed by atoms with Gasteiger partial charge in [-0.2, -0.15) is 0 Å². The fraction of sp³-hybridized carbons (Fsp3) is 0.538. The fourth-order valence-corrected chi connectivity index (χ4v) is 2.14. The van der Waals surface area contributed by atoms with E-state index in [4.69, 9.17) is 14.2 Å². The summed E-state index contributed by atoms with van der Waals surface area (Å²) in [6, 6.07) is 5.10. The van der Waals surface area contributed by atoms with E-state index in [0.717, 1.165) is 25.2 Å². The Morgan fingerprint density at radius 2 is 2.26 bits per heavy atom. The van der Waals surface area contributed by atoms with Crippen LogP contribution in [0, 0.1) is 5.92 Å². The Balaban J connectivity index is 1.96. The maximum Gasteiger partial charge on any atom is 0.488 e. The molecule has 1 aromatic carbocycles. The minimum atomic E-state index is -1.50. The highest BCUT2D eigenvalue weighted by Gasteiger charge is 2.18. The van der Waals surface area contributed by atoms with E-state index in [1.165, 1.54) is 0 Å². The summed E-state index contributed by atoms with van der Waals surface area (Å²) in [5, 5.41) is 18.6. The normalized spacial score (nSPS) is 18.6. The van der Waals surface area contributed by atoms with E-state index in [-0.39, 0.29) is 0 Å². The van der Waals surface area contributed by atoms with Crippen LogP contribution in [0.3, 0.4) is 0 Å². The third-order valence-corrected chi connectivity index (χ3v) is 3.26. The summed E-state index contributed by atoms with van der Waals surface area (Å²) in [4.78, 5) is 0. The smallest absolute Gasteiger partial charge is 0.488 e. The second-order valence-corrected chi connectivity index (χ2v) is 4.68. The Bertz CT molecular complexity index is 404. The highest BCUT2D eigenvalue weighted by Crippen LogP contribution is 2.15. The van der Waals surface area contributed by atoms with Crippen molar-refractivity contribution in [1.29, 1.82) is 0 Å². The van der Waals surface area contributed by atoms with Crippen LogP contribution in [-0.4, -0.2) is 44.1 Å². The molecule has 0 spiro atoms. The summed E-state index contributed by atoms with van der Waals surface area (Å²) in [6.07, 6.45) is 1.02. The van der Waals surface area contributed by atoms with Gasteiger partial charge in [0.25, 0.3) is 0 Å². The van der Waals surface area contributed by atoms with Gasteiger partial charge in [0, 0.05) is 12.5 Å². The largest absolute Gasteiger partial charge is 0.497 e. The van der Waals surface area contributed by atoms with Gasteiger partial charge in [0.2, 0.25) is 0 Å². The average Bonchev–Trinajstić information content (AvgIpc) is 2.91. The Labute approximate surface area is 113 Å². The fourth-order valence-electron chi connectivity index (χ4n) is 2.14. The van der Waals surface area contributed by atoms with E-state index in [2.05, 4.69) is 0 Å². The van der Waals surface area contributed by atoms with Crippen molar-refractivity contribution >= 4 is 12.6 Å². The van der Waals surface area contributed by atoms with Gasteiger partial charge in [-0.1, -0.05) is 6.07 Å². The quantitative estimate of drug-likeness (QED) is 0.705. The van der Waals surface area contributed by atoms with Crippen LogP contribution in [0.4, 0.5) is 0 Å². The molecule has 1 aliphatic rings. The summed E-state index contributed by atoms with van der Waals surface area (Å²) >= 11 is 0. The molecule has 2 rings (SSSR count). The molecule has 19 heavy (non-hydrogen) atoms. The SMILES string of the molecule is COc1ccc(B(O)O)c(COCC2CCOC2)c1. The van der Waals surface area contributed by atoms with Gasteiger partial charge >= 0.3 is 7.12 Å². The lowest BCUT2D eigenvalue weighted by atomic mass is 9.77. The Hall–Kier alpha value is -1.08. The number of benzene rings is 1. The lowest BCUT2D eigenvalue weighted by Gasteiger charge is -2.13. The molecule has 0 aromatic heterocycles. The van der Waals surface area contributed by atoms with Gasteiger partial charge in [-0.05, 0) is 29.6 Å². The van der Waals surface area contributed by atoms with Crippen LogP contribution in [0.25, 0.3) is 0 Å². The third kappa shape index (κ3) is 3.94. The average molecular weight is 266 g/mol. The van der Waals surface area contributed by atoms with Crippen molar-refractivity contribution in [2.24, 2.45) is 5.92 Å². The number of hydrogen-bond donors (Lipinski definition) is 2. The highest BCUT2D eigenvalue weighted by molar-refractivity contribution is 6.59. The van der Waals surface area contributed by atoms with E-state index < -0.39 is 7.12 Å². The Kier molecular flexibility index (Phi) is 5.21. The summed E-state index contributed by atoms with van der Waals surface area (Å²) in [5.74, 6) is 1.11. The Morgan fingerprint density at radius 3 is 2.89 bits per heavy atom. The molecule has 1 atom stereocenters. The first-order valence-corrected chi connectivity index (χ1v) is 6.39. The molecule has 0 bridgehead atoms. The first-order valence-electron chi connectivity index (χ1n) is 6.39. The highest BCUT2D eigenvalue weighted by atomic mass is 16.5. The van der Waals surface area contributed by atoms with Gasteiger partial charge < -0.3 is 24.3 Å². The van der Waals surface area contributed by atoms with Crippen LogP contribution in [-0.2, 0) is 16.1 Å². The molecule has 0 saturated carbocycles. The van der Waals surface area contributed by atoms with Gasteiger partial charge in [-0.25, -0.2) is 0 Å². The molecule has 1 aliphatic heterocycles. The predicted octanol–water partition coefficient (Wildman–Crippen LogP) is -0.0719. The lowest BCUT2D eigenvalue weighted by Crippen LogP contribution is -2.33. The molecule has 1 unspecified atom stereocenters. The van der Waals surface area contributed by atoms with E-state index in [1.54, 1.807) is 25.3 Å². The molecule has 2 N–H and O–H groups in total. The number of methoxy groups -OCH3 is 1. The molecule has 104 valence electrons. The second-order valence-electron chi connectivity index (χ2n) is 4.68. The van der Waals surface area contributed by atoms with Crippen molar-refractivity contribution in [3.8, 4) is 5.75 Å². The van der Waals surface area contributed by atoms with Crippen LogP contribution >= 0.6 is 0 Å². The molecule has 1 saturated heterocycles. The molecule has 1 aromatic rings. The molecule has 1 fully saturated rings. The molecule has 0 amide bonds. The molecule has 5 nitrogen and oxygen atoms in total. The second kappa shape index (κ2) is 6.91. The van der Waals surface area contributed by atoms with E-state index in [9.17, 15) is 10.0 Å². The first kappa shape index (κ1) is 14.3. The monoisotopic (exact) mass is 266 g/mol. The van der Waals surface area contributed by atoms with Gasteiger partial charge in [0.05, 0.1) is 26.9 Å². The van der Waals surface area contributed by atoms with Crippen molar-refractivity contribution in [2.45, 2.75) is 13.0 Å². The van der Waals surface area contributed by atoms with Crippen molar-refractivity contribution in [2.75, 3.05) is 26.9 Å². The van der Waals surface area contributed by atoms with Crippen molar-refractivity contribution < 1.29 is 24.3 Å². The van der Waals surface area contributed by atoms with Crippen LogP contribution in [0.5, 0.6) is 5.75 Å². The van der Waals surface area contributed by atoms with Gasteiger partial charge in [0.15, 0.2) is 0 Å². The maximum absolute atomic E-state index is 9.32. The van der Waals surface area contributed by atoms with E-state index in [1.807, 2.05) is 0 Å². The van der Waals surface area contributed by atoms with Gasteiger partial charge in [0.1, 0.15) is 5.75 Å². The zero-order chi connectivity index (χ0) is 13.7. The molecular weight excluding hydrogens is 247 g/mol. The van der Waals surface area contributed by atoms with Crippen LogP contribution in [0.1, 0.15) is 12.0 Å². The van der Waals surface area contributed by atoms with Crippen molar-refractivity contribution in [3.05, 3.63) is 23.8 Å². The van der Waals surface area contributed by atoms with Crippen LogP contribution in [0.2, 0.25) is 0 Å². The number of rotatable bonds is 6. The van der Waals surface area contributed by atoms with Gasteiger partial charge in [-0.3, -0.25) is 0 Å². The zero-order valence-corrected chi connectivity index (χ0v) is 11.0.